The van der Waals surface area contributed by atoms with Crippen molar-refractivity contribution in [2.75, 3.05) is 20.2 Å². The highest BCUT2D eigenvalue weighted by Gasteiger charge is 2.45. The number of nitriles is 1. The van der Waals surface area contributed by atoms with E-state index in [9.17, 15) is 14.4 Å². The third-order valence-electron chi connectivity index (χ3n) is 7.69. The predicted molar refractivity (Wildman–Crippen MR) is 150 cm³/mol. The maximum atomic E-state index is 14.5. The van der Waals surface area contributed by atoms with E-state index in [4.69, 9.17) is 10.1 Å². The number of hydrogen-bond acceptors (Lipinski definition) is 8. The molecule has 0 spiro atoms. The van der Waals surface area contributed by atoms with Gasteiger partial charge in [0.1, 0.15) is 23.7 Å². The first-order chi connectivity index (χ1) is 18.9. The van der Waals surface area contributed by atoms with Crippen molar-refractivity contribution >= 4 is 18.1 Å². The topological polar surface area (TPSA) is 113 Å². The Hall–Kier alpha value is -3.48. The average Bonchev–Trinajstić information content (AvgIpc) is 3.79. The molecule has 2 fully saturated rings. The largest absolute Gasteiger partial charge is 0.375 e. The van der Waals surface area contributed by atoms with Crippen LogP contribution in [0, 0.1) is 33.9 Å². The molecule has 0 bridgehead atoms. The number of benzene rings is 1. The number of ether oxygens (including phenoxy) is 1. The summed E-state index contributed by atoms with van der Waals surface area (Å²) in [6.07, 6.45) is 13.1. The smallest absolute Gasteiger partial charge is 0.140 e. The Kier molecular flexibility index (Phi) is 9.54. The van der Waals surface area contributed by atoms with E-state index < -0.39 is 5.41 Å². The summed E-state index contributed by atoms with van der Waals surface area (Å²) in [5.41, 5.74) is 3.04. The van der Waals surface area contributed by atoms with E-state index in [1.165, 1.54) is 18.3 Å². The van der Waals surface area contributed by atoms with Crippen LogP contribution in [0.5, 0.6) is 0 Å². The number of likely N-dealkylation sites (N-methyl/N-ethyl adjacent to an activating group) is 1. The van der Waals surface area contributed by atoms with Gasteiger partial charge in [-0.25, -0.2) is 4.39 Å². The molecule has 4 N–H and O–H groups in total. The molecule has 3 unspecified atom stereocenters. The van der Waals surface area contributed by atoms with Gasteiger partial charge in [0.2, 0.25) is 0 Å². The average molecular weight is 535 g/mol. The van der Waals surface area contributed by atoms with Crippen LogP contribution >= 0.6 is 0 Å². The van der Waals surface area contributed by atoms with Crippen LogP contribution in [-0.2, 0) is 16.1 Å². The van der Waals surface area contributed by atoms with Crippen LogP contribution in [0.2, 0.25) is 0 Å². The Labute approximate surface area is 230 Å². The Morgan fingerprint density at radius 1 is 1.33 bits per heavy atom. The van der Waals surface area contributed by atoms with Crippen molar-refractivity contribution in [2.24, 2.45) is 11.3 Å². The van der Waals surface area contributed by atoms with E-state index in [1.807, 2.05) is 26.1 Å². The lowest BCUT2D eigenvalue weighted by Crippen LogP contribution is -2.42. The van der Waals surface area contributed by atoms with Crippen molar-refractivity contribution in [3.05, 3.63) is 64.9 Å². The quantitative estimate of drug-likeness (QED) is 0.222. The second-order valence-corrected chi connectivity index (χ2v) is 10.8. The van der Waals surface area contributed by atoms with E-state index in [0.717, 1.165) is 62.0 Å². The number of rotatable bonds is 13. The molecule has 1 aromatic carbocycles. The molecular formula is C30H39FN6O2. The molecule has 4 rings (SSSR count). The van der Waals surface area contributed by atoms with Crippen LogP contribution in [-0.4, -0.2) is 50.0 Å². The lowest BCUT2D eigenvalue weighted by Gasteiger charge is -2.30. The third-order valence-corrected chi connectivity index (χ3v) is 7.69. The van der Waals surface area contributed by atoms with Crippen LogP contribution in [0.15, 0.2) is 47.9 Å². The molecule has 1 aromatic rings. The minimum atomic E-state index is -0.893. The van der Waals surface area contributed by atoms with Gasteiger partial charge in [-0.1, -0.05) is 0 Å². The van der Waals surface area contributed by atoms with Crippen LogP contribution in [0.4, 0.5) is 4.39 Å². The molecule has 208 valence electrons. The van der Waals surface area contributed by atoms with Gasteiger partial charge < -0.3 is 30.5 Å². The highest BCUT2D eigenvalue weighted by molar-refractivity contribution is 6.08. The molecule has 3 atom stereocenters. The number of nitrogens with zero attached hydrogens (tertiary/aromatic N) is 2. The zero-order chi connectivity index (χ0) is 27.8. The number of hydrogen-bond donors (Lipinski definition) is 4. The third kappa shape index (κ3) is 7.55. The zero-order valence-corrected chi connectivity index (χ0v) is 22.8. The van der Waals surface area contributed by atoms with Crippen molar-refractivity contribution in [3.8, 4) is 6.07 Å². The van der Waals surface area contributed by atoms with Crippen LogP contribution in [0.25, 0.3) is 5.57 Å². The first kappa shape index (κ1) is 28.5. The van der Waals surface area contributed by atoms with E-state index in [-0.39, 0.29) is 24.1 Å². The maximum Gasteiger partial charge on any atom is 0.140 e. The molecule has 1 saturated carbocycles. The van der Waals surface area contributed by atoms with Crippen LogP contribution < -0.4 is 16.0 Å². The van der Waals surface area contributed by atoms with Crippen LogP contribution in [0.3, 0.4) is 0 Å². The fourth-order valence-electron chi connectivity index (χ4n) is 5.14. The number of carbonyl (C=O) groups is 1. The van der Waals surface area contributed by atoms with Crippen molar-refractivity contribution in [1.82, 2.24) is 20.9 Å². The lowest BCUT2D eigenvalue weighted by molar-refractivity contribution is -0.115. The van der Waals surface area contributed by atoms with Crippen molar-refractivity contribution in [3.63, 3.8) is 0 Å². The first-order valence-electron chi connectivity index (χ1n) is 13.7. The Balaban J connectivity index is 1.38. The van der Waals surface area contributed by atoms with E-state index in [1.54, 1.807) is 6.20 Å². The van der Waals surface area contributed by atoms with Gasteiger partial charge in [-0.15, -0.1) is 0 Å². The number of aldehydes is 1. The number of halogens is 1. The highest BCUT2D eigenvalue weighted by Crippen LogP contribution is 2.46. The minimum absolute atomic E-state index is 0.0837. The molecule has 9 heteroatoms. The molecule has 3 aliphatic rings. The molecule has 1 aliphatic carbocycles. The summed E-state index contributed by atoms with van der Waals surface area (Å²) < 4.78 is 20.2. The summed E-state index contributed by atoms with van der Waals surface area (Å²) in [5.74, 6) is -0.181. The fraction of sp³-hybridized carbons (Fsp3) is 0.500. The Bertz CT molecular complexity index is 1180. The molecule has 2 heterocycles. The summed E-state index contributed by atoms with van der Waals surface area (Å²) in [7, 11) is 1.97. The minimum Gasteiger partial charge on any atom is -0.375 e. The number of nitrogens with one attached hydrogen (secondary N) is 4. The summed E-state index contributed by atoms with van der Waals surface area (Å²) in [4.78, 5) is 13.8. The summed E-state index contributed by atoms with van der Waals surface area (Å²) in [6.45, 7) is 3.71. The zero-order valence-electron chi connectivity index (χ0n) is 22.8. The first-order valence-corrected chi connectivity index (χ1v) is 13.7. The van der Waals surface area contributed by atoms with Gasteiger partial charge in [0.25, 0.3) is 0 Å². The molecule has 39 heavy (non-hydrogen) atoms. The lowest BCUT2D eigenvalue weighted by atomic mass is 9.82. The highest BCUT2D eigenvalue weighted by atomic mass is 19.1. The fourth-order valence-corrected chi connectivity index (χ4v) is 5.14. The Morgan fingerprint density at radius 3 is 2.82 bits per heavy atom. The summed E-state index contributed by atoms with van der Waals surface area (Å²) in [5, 5.41) is 27.5. The van der Waals surface area contributed by atoms with Gasteiger partial charge in [-0.05, 0) is 92.8 Å². The van der Waals surface area contributed by atoms with E-state index in [0.29, 0.717) is 30.6 Å². The van der Waals surface area contributed by atoms with Crippen LogP contribution in [0.1, 0.15) is 56.6 Å². The number of dihydropyridines is 1. The standard InChI is InChI=1S/C30H39FN6O2/c1-21-11-27(37(2)9-8-30(19-33,20-38)25-6-7-25)15-28(36-21)34-17-22-12-23(14-26(31)13-22)24(16-32)18-35-29-5-3-4-10-39-29/h11-16,18,20,25,28-29,32,34-36H,3-10,17H2,1-2H3/b24-18+,32-16?. The van der Waals surface area contributed by atoms with E-state index >= 15 is 0 Å². The summed E-state index contributed by atoms with van der Waals surface area (Å²) in [6, 6.07) is 7.09. The van der Waals surface area contributed by atoms with E-state index in [2.05, 4.69) is 33.0 Å². The SMILES string of the molecule is CC1=CC(N(C)CCC(C#N)(C=O)C2CC2)=CC(NCc2cc(F)cc(/C(C=N)=C/NC3CCCCO3)c2)N1. The molecule has 0 aromatic heterocycles. The molecule has 2 aliphatic heterocycles. The van der Waals surface area contributed by atoms with Gasteiger partial charge in [-0.3, -0.25) is 5.32 Å². The van der Waals surface area contributed by atoms with Gasteiger partial charge in [-0.2, -0.15) is 5.26 Å². The summed E-state index contributed by atoms with van der Waals surface area (Å²) >= 11 is 0. The Morgan fingerprint density at radius 2 is 2.15 bits per heavy atom. The second-order valence-electron chi connectivity index (χ2n) is 10.8. The second kappa shape index (κ2) is 13.0. The van der Waals surface area contributed by atoms with Crippen molar-refractivity contribution < 1.29 is 13.9 Å². The van der Waals surface area contributed by atoms with Crippen molar-refractivity contribution in [1.29, 1.82) is 10.7 Å². The monoisotopic (exact) mass is 534 g/mol. The molecule has 0 amide bonds. The van der Waals surface area contributed by atoms with Gasteiger partial charge >= 0.3 is 0 Å². The predicted octanol–water partition coefficient (Wildman–Crippen LogP) is 4.18. The number of allylic oxidation sites excluding steroid dienone is 3. The number of carbonyl (C=O) groups excluding carboxylic acids is 1. The molecule has 1 saturated heterocycles. The maximum absolute atomic E-state index is 14.5. The van der Waals surface area contributed by atoms with Gasteiger partial charge in [0.05, 0.1) is 12.2 Å². The molecular weight excluding hydrogens is 495 g/mol. The van der Waals surface area contributed by atoms with Gasteiger partial charge in [0.15, 0.2) is 0 Å². The molecule has 0 radical (unpaired) electrons. The molecule has 8 nitrogen and oxygen atoms in total. The van der Waals surface area contributed by atoms with Gasteiger partial charge in [0, 0.05) is 56.1 Å². The normalized spacial score (nSPS) is 22.9. The van der Waals surface area contributed by atoms with Crippen molar-refractivity contribution in [2.45, 2.75) is 64.4 Å².